The van der Waals surface area contributed by atoms with Crippen LogP contribution in [-0.4, -0.2) is 37.0 Å². The molecule has 0 saturated heterocycles. The van der Waals surface area contributed by atoms with Crippen molar-refractivity contribution in [2.24, 2.45) is 0 Å². The molecule has 0 saturated carbocycles. The Kier molecular flexibility index (Phi) is 7.56. The van der Waals surface area contributed by atoms with Crippen molar-refractivity contribution in [1.29, 1.82) is 0 Å². The minimum Gasteiger partial charge on any atom is -0.347 e. The van der Waals surface area contributed by atoms with Crippen LogP contribution in [0, 0.1) is 0 Å². The maximum Gasteiger partial charge on any atom is 0.275 e. The highest BCUT2D eigenvalue weighted by molar-refractivity contribution is 7.10. The van der Waals surface area contributed by atoms with Gasteiger partial charge >= 0.3 is 0 Å². The predicted molar refractivity (Wildman–Crippen MR) is 110 cm³/mol. The van der Waals surface area contributed by atoms with Crippen molar-refractivity contribution in [3.8, 4) is 0 Å². The van der Waals surface area contributed by atoms with Gasteiger partial charge in [0, 0.05) is 10.4 Å². The normalized spacial score (nSPS) is 13.6. The molecule has 0 aliphatic heterocycles. The highest BCUT2D eigenvalue weighted by atomic mass is 32.1. The average Bonchev–Trinajstić information content (AvgIpc) is 3.12. The molecule has 27 heavy (non-hydrogen) atoms. The zero-order valence-electron chi connectivity index (χ0n) is 16.5. The van der Waals surface area contributed by atoms with Crippen molar-refractivity contribution in [2.45, 2.75) is 39.3 Å². The number of amides is 2. The van der Waals surface area contributed by atoms with Crippen molar-refractivity contribution in [2.75, 3.05) is 19.6 Å². The van der Waals surface area contributed by atoms with E-state index in [4.69, 9.17) is 0 Å². The van der Waals surface area contributed by atoms with Crippen LogP contribution in [0.5, 0.6) is 0 Å². The smallest absolute Gasteiger partial charge is 0.275 e. The Morgan fingerprint density at radius 3 is 2.26 bits per heavy atom. The lowest BCUT2D eigenvalue weighted by Crippen LogP contribution is -3.14. The van der Waals surface area contributed by atoms with Gasteiger partial charge in [0.25, 0.3) is 11.8 Å². The molecule has 2 amide bonds. The molecule has 1 unspecified atom stereocenters. The minimum absolute atomic E-state index is 0.0370. The van der Waals surface area contributed by atoms with E-state index in [1.807, 2.05) is 75.5 Å². The van der Waals surface area contributed by atoms with E-state index in [-0.39, 0.29) is 36.5 Å². The van der Waals surface area contributed by atoms with Crippen molar-refractivity contribution >= 4 is 23.2 Å². The van der Waals surface area contributed by atoms with E-state index in [1.54, 1.807) is 11.3 Å². The van der Waals surface area contributed by atoms with E-state index < -0.39 is 0 Å². The maximum atomic E-state index is 12.7. The van der Waals surface area contributed by atoms with E-state index in [0.29, 0.717) is 6.54 Å². The van der Waals surface area contributed by atoms with Crippen LogP contribution in [0.2, 0.25) is 0 Å². The standard InChI is InChI=1S/C21H29N3O2S/c1-5-24(15-19(26)23-21(2,3)4)14-18(25)22-20(17-12-9-13-27-17)16-10-7-6-8-11-16/h6-13,20H,5,14-15H2,1-4H3,(H,22,25)(H,23,26)/p+1/t20-/m0/s1. The first-order chi connectivity index (χ1) is 12.8. The zero-order valence-corrected chi connectivity index (χ0v) is 17.4. The molecule has 2 rings (SSSR count). The summed E-state index contributed by atoms with van der Waals surface area (Å²) in [4.78, 5) is 26.9. The third-order valence-corrected chi connectivity index (χ3v) is 5.04. The molecule has 0 aliphatic carbocycles. The second-order valence-corrected chi connectivity index (χ2v) is 8.66. The summed E-state index contributed by atoms with van der Waals surface area (Å²) in [6, 6.07) is 13.8. The Bertz CT molecular complexity index is 724. The van der Waals surface area contributed by atoms with Gasteiger partial charge in [-0.15, -0.1) is 11.3 Å². The number of likely N-dealkylation sites (N-methyl/N-ethyl adjacent to an activating group) is 1. The number of thiophene rings is 1. The van der Waals surface area contributed by atoms with Crippen molar-refractivity contribution < 1.29 is 14.5 Å². The summed E-state index contributed by atoms with van der Waals surface area (Å²) in [6.07, 6.45) is 0. The molecule has 5 nitrogen and oxygen atoms in total. The number of quaternary nitrogens is 1. The molecular weight excluding hydrogens is 358 g/mol. The summed E-state index contributed by atoms with van der Waals surface area (Å²) >= 11 is 1.62. The Balaban J connectivity index is 2.01. The molecule has 0 spiro atoms. The van der Waals surface area contributed by atoms with Crippen molar-refractivity contribution in [3.05, 3.63) is 58.3 Å². The summed E-state index contributed by atoms with van der Waals surface area (Å²) in [5.41, 5.74) is 0.785. The van der Waals surface area contributed by atoms with Gasteiger partial charge in [-0.3, -0.25) is 9.59 Å². The molecule has 0 fully saturated rings. The van der Waals surface area contributed by atoms with Crippen LogP contribution in [0.1, 0.15) is 44.2 Å². The topological polar surface area (TPSA) is 62.6 Å². The monoisotopic (exact) mass is 388 g/mol. The Morgan fingerprint density at radius 2 is 1.70 bits per heavy atom. The summed E-state index contributed by atoms with van der Waals surface area (Å²) in [7, 11) is 0. The summed E-state index contributed by atoms with van der Waals surface area (Å²) < 4.78 is 0. The fraction of sp³-hybridized carbons (Fsp3) is 0.429. The molecule has 3 N–H and O–H groups in total. The highest BCUT2D eigenvalue weighted by Gasteiger charge is 2.23. The fourth-order valence-electron chi connectivity index (χ4n) is 2.86. The van der Waals surface area contributed by atoms with Crippen LogP contribution in [0.15, 0.2) is 47.8 Å². The Hall–Kier alpha value is -2.18. The largest absolute Gasteiger partial charge is 0.347 e. The van der Waals surface area contributed by atoms with Crippen LogP contribution in [-0.2, 0) is 9.59 Å². The highest BCUT2D eigenvalue weighted by Crippen LogP contribution is 2.25. The number of hydrogen-bond donors (Lipinski definition) is 3. The molecule has 2 aromatic rings. The van der Waals surface area contributed by atoms with E-state index in [2.05, 4.69) is 10.6 Å². The van der Waals surface area contributed by atoms with Gasteiger partial charge in [-0.1, -0.05) is 36.4 Å². The number of benzene rings is 1. The quantitative estimate of drug-likeness (QED) is 0.645. The van der Waals surface area contributed by atoms with E-state index in [9.17, 15) is 9.59 Å². The van der Waals surface area contributed by atoms with Gasteiger partial charge in [0.15, 0.2) is 13.1 Å². The second-order valence-electron chi connectivity index (χ2n) is 7.68. The van der Waals surface area contributed by atoms with Crippen LogP contribution in [0.4, 0.5) is 0 Å². The van der Waals surface area contributed by atoms with Gasteiger partial charge in [0.2, 0.25) is 0 Å². The molecule has 1 aromatic heterocycles. The lowest BCUT2D eigenvalue weighted by molar-refractivity contribution is -0.881. The SMILES string of the molecule is CC[NH+](CC(=O)N[C@@H](c1ccccc1)c1cccs1)CC(=O)NC(C)(C)C. The Morgan fingerprint density at radius 1 is 1.04 bits per heavy atom. The third kappa shape index (κ3) is 7.15. The first-order valence-corrected chi connectivity index (χ1v) is 10.2. The molecule has 0 bridgehead atoms. The second kappa shape index (κ2) is 9.67. The molecule has 0 aliphatic rings. The lowest BCUT2D eigenvalue weighted by Gasteiger charge is -2.24. The molecule has 6 heteroatoms. The zero-order chi connectivity index (χ0) is 19.9. The van der Waals surface area contributed by atoms with Crippen LogP contribution >= 0.6 is 11.3 Å². The van der Waals surface area contributed by atoms with Gasteiger partial charge in [-0.2, -0.15) is 0 Å². The third-order valence-electron chi connectivity index (χ3n) is 4.10. The number of carbonyl (C=O) groups excluding carboxylic acids is 2. The van der Waals surface area contributed by atoms with Crippen molar-refractivity contribution in [1.82, 2.24) is 10.6 Å². The van der Waals surface area contributed by atoms with Crippen LogP contribution in [0.3, 0.4) is 0 Å². The van der Waals surface area contributed by atoms with Gasteiger partial charge < -0.3 is 15.5 Å². The molecule has 2 atom stereocenters. The first-order valence-electron chi connectivity index (χ1n) is 9.30. The fourth-order valence-corrected chi connectivity index (χ4v) is 3.66. The predicted octanol–water partition coefficient (Wildman–Crippen LogP) is 1.77. The molecule has 146 valence electrons. The number of nitrogens with one attached hydrogen (secondary N) is 3. The maximum absolute atomic E-state index is 12.7. The summed E-state index contributed by atoms with van der Waals surface area (Å²) in [5.74, 6) is -0.0947. The Labute approximate surface area is 165 Å². The number of rotatable bonds is 8. The molecular formula is C21H30N3O2S+. The minimum atomic E-state index is -0.268. The molecule has 0 radical (unpaired) electrons. The summed E-state index contributed by atoms with van der Waals surface area (Å²) in [6.45, 7) is 9.11. The van der Waals surface area contributed by atoms with E-state index >= 15 is 0 Å². The van der Waals surface area contributed by atoms with E-state index in [0.717, 1.165) is 15.3 Å². The molecule has 1 aromatic carbocycles. The van der Waals surface area contributed by atoms with Gasteiger partial charge in [0.1, 0.15) is 0 Å². The average molecular weight is 389 g/mol. The van der Waals surface area contributed by atoms with Crippen LogP contribution < -0.4 is 15.5 Å². The lowest BCUT2D eigenvalue weighted by atomic mass is 10.1. The first kappa shape index (κ1) is 21.1. The molecule has 1 heterocycles. The van der Waals surface area contributed by atoms with Gasteiger partial charge in [-0.25, -0.2) is 0 Å². The van der Waals surface area contributed by atoms with E-state index in [1.165, 1.54) is 0 Å². The van der Waals surface area contributed by atoms with Crippen LogP contribution in [0.25, 0.3) is 0 Å². The summed E-state index contributed by atoms with van der Waals surface area (Å²) in [5, 5.41) is 8.11. The number of carbonyl (C=O) groups is 2. The van der Waals surface area contributed by atoms with Gasteiger partial charge in [-0.05, 0) is 44.7 Å². The number of hydrogen-bond acceptors (Lipinski definition) is 3. The van der Waals surface area contributed by atoms with Gasteiger partial charge in [0.05, 0.1) is 12.6 Å². The van der Waals surface area contributed by atoms with Crippen molar-refractivity contribution in [3.63, 3.8) is 0 Å².